The van der Waals surface area contributed by atoms with Crippen LogP contribution in [0.5, 0.6) is 0 Å². The molecule has 1 heterocycles. The van der Waals surface area contributed by atoms with E-state index in [0.29, 0.717) is 24.2 Å². The van der Waals surface area contributed by atoms with E-state index < -0.39 is 0 Å². The Morgan fingerprint density at radius 3 is 2.88 bits per heavy atom. The van der Waals surface area contributed by atoms with Crippen molar-refractivity contribution >= 4 is 39.1 Å². The lowest BCUT2D eigenvalue weighted by atomic mass is 10.1. The fourth-order valence-electron chi connectivity index (χ4n) is 1.41. The highest BCUT2D eigenvalue weighted by Crippen LogP contribution is 2.16. The molecule has 2 rings (SSSR count). The van der Waals surface area contributed by atoms with E-state index in [-0.39, 0.29) is 11.8 Å². The Kier molecular flexibility index (Phi) is 3.53. The van der Waals surface area contributed by atoms with Crippen LogP contribution in [0.4, 0.5) is 5.69 Å². The second kappa shape index (κ2) is 5.09. The summed E-state index contributed by atoms with van der Waals surface area (Å²) in [5.74, 6) is -0.452. The van der Waals surface area contributed by atoms with E-state index in [1.54, 1.807) is 12.1 Å². The average Bonchev–Trinajstić information content (AvgIpc) is 2.29. The van der Waals surface area contributed by atoms with Gasteiger partial charge in [-0.25, -0.2) is 5.43 Å². The van der Waals surface area contributed by atoms with Gasteiger partial charge in [-0.05, 0) is 18.2 Å². The van der Waals surface area contributed by atoms with Crippen molar-refractivity contribution in [2.24, 2.45) is 5.10 Å². The topological polar surface area (TPSA) is 70.6 Å². The van der Waals surface area contributed by atoms with E-state index in [2.05, 4.69) is 31.8 Å². The van der Waals surface area contributed by atoms with Gasteiger partial charge in [0.15, 0.2) is 0 Å². The summed E-state index contributed by atoms with van der Waals surface area (Å²) in [6.45, 7) is 0. The van der Waals surface area contributed by atoms with Crippen LogP contribution in [-0.4, -0.2) is 17.5 Å². The second-order valence-corrected chi connectivity index (χ2v) is 4.47. The standard InChI is InChI=1S/C11H10BrN3O2/c12-7-2-1-3-8(6-7)13-11(17)9-4-5-10(16)15-14-9/h1-3,6H,4-5H2,(H,13,17)(H,15,16). The summed E-state index contributed by atoms with van der Waals surface area (Å²) in [7, 11) is 0. The van der Waals surface area contributed by atoms with Crippen LogP contribution in [0.2, 0.25) is 0 Å². The molecule has 0 unspecified atom stereocenters. The molecule has 0 bridgehead atoms. The van der Waals surface area contributed by atoms with E-state index in [1.165, 1.54) is 0 Å². The number of anilines is 1. The Bertz CT molecular complexity index is 499. The number of benzene rings is 1. The lowest BCUT2D eigenvalue weighted by Crippen LogP contribution is -2.32. The van der Waals surface area contributed by atoms with E-state index >= 15 is 0 Å². The van der Waals surface area contributed by atoms with Crippen molar-refractivity contribution in [2.75, 3.05) is 5.32 Å². The van der Waals surface area contributed by atoms with E-state index in [9.17, 15) is 9.59 Å². The van der Waals surface area contributed by atoms with E-state index in [1.807, 2.05) is 12.1 Å². The van der Waals surface area contributed by atoms with Gasteiger partial charge in [-0.2, -0.15) is 5.10 Å². The number of amides is 2. The predicted molar refractivity (Wildman–Crippen MR) is 67.6 cm³/mol. The molecule has 0 fully saturated rings. The molecule has 5 nitrogen and oxygen atoms in total. The van der Waals surface area contributed by atoms with Crippen molar-refractivity contribution in [3.05, 3.63) is 28.7 Å². The van der Waals surface area contributed by atoms with Crippen molar-refractivity contribution in [2.45, 2.75) is 12.8 Å². The minimum atomic E-state index is -0.289. The quantitative estimate of drug-likeness (QED) is 0.871. The van der Waals surface area contributed by atoms with Crippen LogP contribution in [0.25, 0.3) is 0 Å². The third kappa shape index (κ3) is 3.13. The number of hydrazone groups is 1. The minimum absolute atomic E-state index is 0.163. The molecule has 0 saturated carbocycles. The van der Waals surface area contributed by atoms with Gasteiger partial charge in [0.25, 0.3) is 5.91 Å². The molecule has 0 aliphatic carbocycles. The molecule has 2 N–H and O–H groups in total. The zero-order valence-corrected chi connectivity index (χ0v) is 10.5. The maximum Gasteiger partial charge on any atom is 0.271 e. The highest BCUT2D eigenvalue weighted by Gasteiger charge is 2.18. The van der Waals surface area contributed by atoms with Gasteiger partial charge in [0.05, 0.1) is 0 Å². The van der Waals surface area contributed by atoms with Crippen LogP contribution in [-0.2, 0) is 9.59 Å². The van der Waals surface area contributed by atoms with Gasteiger partial charge in [0.1, 0.15) is 5.71 Å². The maximum absolute atomic E-state index is 11.8. The van der Waals surface area contributed by atoms with Gasteiger partial charge >= 0.3 is 0 Å². The molecule has 0 aromatic heterocycles. The number of halogens is 1. The first-order valence-electron chi connectivity index (χ1n) is 5.07. The summed E-state index contributed by atoms with van der Waals surface area (Å²) >= 11 is 3.32. The summed E-state index contributed by atoms with van der Waals surface area (Å²) < 4.78 is 0.884. The first-order valence-corrected chi connectivity index (χ1v) is 5.87. The van der Waals surface area contributed by atoms with Gasteiger partial charge in [-0.3, -0.25) is 9.59 Å². The van der Waals surface area contributed by atoms with Gasteiger partial charge in [0, 0.05) is 23.0 Å². The van der Waals surface area contributed by atoms with Gasteiger partial charge in [-0.15, -0.1) is 0 Å². The lowest BCUT2D eigenvalue weighted by molar-refractivity contribution is -0.121. The summed E-state index contributed by atoms with van der Waals surface area (Å²) in [5.41, 5.74) is 3.31. The maximum atomic E-state index is 11.8. The number of nitrogens with one attached hydrogen (secondary N) is 2. The SMILES string of the molecule is O=C1CCC(C(=O)Nc2cccc(Br)c2)=NN1. The van der Waals surface area contributed by atoms with Crippen molar-refractivity contribution < 1.29 is 9.59 Å². The number of carbonyl (C=O) groups is 2. The molecular formula is C11H10BrN3O2. The van der Waals surface area contributed by atoms with Gasteiger partial charge in [-0.1, -0.05) is 22.0 Å². The number of hydrogen-bond acceptors (Lipinski definition) is 3. The Morgan fingerprint density at radius 2 is 2.24 bits per heavy atom. The number of rotatable bonds is 2. The molecule has 17 heavy (non-hydrogen) atoms. The largest absolute Gasteiger partial charge is 0.321 e. The Balaban J connectivity index is 2.04. The van der Waals surface area contributed by atoms with Crippen LogP contribution in [0.15, 0.2) is 33.8 Å². The first-order chi connectivity index (χ1) is 8.15. The summed E-state index contributed by atoms with van der Waals surface area (Å²) in [6.07, 6.45) is 0.663. The molecule has 2 amide bonds. The summed E-state index contributed by atoms with van der Waals surface area (Å²) in [4.78, 5) is 22.7. The molecular weight excluding hydrogens is 286 g/mol. The van der Waals surface area contributed by atoms with Crippen molar-refractivity contribution in [1.82, 2.24) is 5.43 Å². The third-order valence-electron chi connectivity index (χ3n) is 2.25. The fraction of sp³-hybridized carbons (Fsp3) is 0.182. The fourth-order valence-corrected chi connectivity index (χ4v) is 1.81. The molecule has 0 radical (unpaired) electrons. The molecule has 1 aromatic carbocycles. The van der Waals surface area contributed by atoms with Crippen molar-refractivity contribution in [3.63, 3.8) is 0 Å². The monoisotopic (exact) mass is 295 g/mol. The zero-order valence-electron chi connectivity index (χ0n) is 8.87. The lowest BCUT2D eigenvalue weighted by Gasteiger charge is -2.11. The first kappa shape index (κ1) is 11.8. The molecule has 88 valence electrons. The predicted octanol–water partition coefficient (Wildman–Crippen LogP) is 1.65. The molecule has 6 heteroatoms. The molecule has 0 atom stereocenters. The summed E-state index contributed by atoms with van der Waals surface area (Å²) in [6, 6.07) is 7.27. The third-order valence-corrected chi connectivity index (χ3v) is 2.74. The van der Waals surface area contributed by atoms with E-state index in [4.69, 9.17) is 0 Å². The van der Waals surface area contributed by atoms with Crippen LogP contribution in [0.1, 0.15) is 12.8 Å². The zero-order chi connectivity index (χ0) is 12.3. The molecule has 1 aromatic rings. The van der Waals surface area contributed by atoms with Gasteiger partial charge in [0.2, 0.25) is 5.91 Å². The van der Waals surface area contributed by atoms with Crippen LogP contribution < -0.4 is 10.7 Å². The molecule has 0 saturated heterocycles. The highest BCUT2D eigenvalue weighted by atomic mass is 79.9. The number of nitrogens with zero attached hydrogens (tertiary/aromatic N) is 1. The second-order valence-electron chi connectivity index (χ2n) is 3.56. The molecule has 0 spiro atoms. The average molecular weight is 296 g/mol. The van der Waals surface area contributed by atoms with Crippen molar-refractivity contribution in [3.8, 4) is 0 Å². The van der Waals surface area contributed by atoms with E-state index in [0.717, 1.165) is 4.47 Å². The van der Waals surface area contributed by atoms with Crippen molar-refractivity contribution in [1.29, 1.82) is 0 Å². The number of carbonyl (C=O) groups excluding carboxylic acids is 2. The Morgan fingerprint density at radius 1 is 1.41 bits per heavy atom. The number of hydrogen-bond donors (Lipinski definition) is 2. The van der Waals surface area contributed by atoms with Gasteiger partial charge < -0.3 is 5.32 Å². The Labute approximate surface area is 106 Å². The molecule has 1 aliphatic heterocycles. The molecule has 1 aliphatic rings. The Hall–Kier alpha value is -1.69. The smallest absolute Gasteiger partial charge is 0.271 e. The minimum Gasteiger partial charge on any atom is -0.321 e. The highest BCUT2D eigenvalue weighted by molar-refractivity contribution is 9.10. The van der Waals surface area contributed by atoms with Crippen LogP contribution in [0.3, 0.4) is 0 Å². The normalized spacial score (nSPS) is 14.9. The van der Waals surface area contributed by atoms with Crippen LogP contribution in [0, 0.1) is 0 Å². The summed E-state index contributed by atoms with van der Waals surface area (Å²) in [5, 5.41) is 6.44. The van der Waals surface area contributed by atoms with Crippen LogP contribution >= 0.6 is 15.9 Å².